The lowest BCUT2D eigenvalue weighted by Crippen LogP contribution is -2.34. The van der Waals surface area contributed by atoms with E-state index in [4.69, 9.17) is 12.2 Å². The van der Waals surface area contributed by atoms with Crippen LogP contribution >= 0.6 is 44.1 Å². The van der Waals surface area contributed by atoms with E-state index in [1.807, 2.05) is 26.0 Å². The summed E-state index contributed by atoms with van der Waals surface area (Å²) in [4.78, 5) is 12.2. The molecule has 0 radical (unpaired) electrons. The van der Waals surface area contributed by atoms with Crippen LogP contribution in [0.15, 0.2) is 39.3 Å². The van der Waals surface area contributed by atoms with Crippen molar-refractivity contribution in [3.63, 3.8) is 0 Å². The second-order valence-electron chi connectivity index (χ2n) is 5.00. The summed E-state index contributed by atoms with van der Waals surface area (Å²) in [6.45, 7) is 3.94. The van der Waals surface area contributed by atoms with E-state index >= 15 is 0 Å². The molecule has 0 aliphatic heterocycles. The summed E-state index contributed by atoms with van der Waals surface area (Å²) in [6.07, 6.45) is 0. The zero-order valence-electron chi connectivity index (χ0n) is 12.4. The van der Waals surface area contributed by atoms with E-state index in [2.05, 4.69) is 42.5 Å². The Morgan fingerprint density at radius 2 is 1.70 bits per heavy atom. The van der Waals surface area contributed by atoms with Gasteiger partial charge in [0.15, 0.2) is 5.11 Å². The number of phenolic OH excluding ortho intramolecular Hbond substituents is 1. The zero-order valence-corrected chi connectivity index (χ0v) is 16.4. The van der Waals surface area contributed by atoms with Crippen LogP contribution in [0.2, 0.25) is 0 Å². The van der Waals surface area contributed by atoms with Crippen LogP contribution in [0.3, 0.4) is 0 Å². The molecule has 0 spiro atoms. The molecular weight excluding hydrogens is 444 g/mol. The Morgan fingerprint density at radius 1 is 1.09 bits per heavy atom. The fourth-order valence-corrected chi connectivity index (χ4v) is 3.25. The number of amides is 1. The van der Waals surface area contributed by atoms with Crippen molar-refractivity contribution in [2.75, 3.05) is 5.32 Å². The number of halogens is 2. The number of benzene rings is 2. The standard InChI is InChI=1S/C16H14Br2N2O2S/c1-8-3-4-10(5-9(8)2)15(22)20-16(23)19-11-6-12(17)14(21)13(18)7-11/h3-7,21H,1-2H3,(H2,19,20,22,23). The lowest BCUT2D eigenvalue weighted by atomic mass is 10.1. The van der Waals surface area contributed by atoms with Gasteiger partial charge in [-0.15, -0.1) is 0 Å². The summed E-state index contributed by atoms with van der Waals surface area (Å²) in [5, 5.41) is 15.4. The van der Waals surface area contributed by atoms with Crippen molar-refractivity contribution in [3.8, 4) is 5.75 Å². The summed E-state index contributed by atoms with van der Waals surface area (Å²) in [5.41, 5.74) is 3.35. The van der Waals surface area contributed by atoms with E-state index in [1.165, 1.54) is 0 Å². The third-order valence-electron chi connectivity index (χ3n) is 3.27. The molecule has 120 valence electrons. The fraction of sp³-hybridized carbons (Fsp3) is 0.125. The van der Waals surface area contributed by atoms with Crippen LogP contribution in [0.25, 0.3) is 0 Å². The minimum atomic E-state index is -0.275. The maximum atomic E-state index is 12.2. The van der Waals surface area contributed by atoms with Gasteiger partial charge in [-0.2, -0.15) is 0 Å². The Morgan fingerprint density at radius 3 is 2.26 bits per heavy atom. The quantitative estimate of drug-likeness (QED) is 0.453. The first-order chi connectivity index (χ1) is 10.8. The number of thiocarbonyl (C=S) groups is 1. The first-order valence-electron chi connectivity index (χ1n) is 6.65. The molecule has 0 saturated heterocycles. The van der Waals surface area contributed by atoms with Crippen molar-refractivity contribution in [3.05, 3.63) is 56.0 Å². The third kappa shape index (κ3) is 4.53. The van der Waals surface area contributed by atoms with Gasteiger partial charge in [-0.1, -0.05) is 6.07 Å². The molecule has 4 nitrogen and oxygen atoms in total. The Bertz CT molecular complexity index is 771. The number of aryl methyl sites for hydroxylation is 2. The minimum absolute atomic E-state index is 0.0978. The average Bonchev–Trinajstić information content (AvgIpc) is 2.47. The van der Waals surface area contributed by atoms with Gasteiger partial charge >= 0.3 is 0 Å². The van der Waals surface area contributed by atoms with Gasteiger partial charge in [0.05, 0.1) is 8.95 Å². The molecule has 23 heavy (non-hydrogen) atoms. The molecule has 2 rings (SSSR count). The number of carbonyl (C=O) groups is 1. The summed E-state index contributed by atoms with van der Waals surface area (Å²) >= 11 is 11.6. The van der Waals surface area contributed by atoms with Crippen LogP contribution in [0, 0.1) is 13.8 Å². The lowest BCUT2D eigenvalue weighted by Gasteiger charge is -2.12. The van der Waals surface area contributed by atoms with Crippen molar-refractivity contribution in [2.24, 2.45) is 0 Å². The maximum Gasteiger partial charge on any atom is 0.257 e. The van der Waals surface area contributed by atoms with Crippen molar-refractivity contribution in [2.45, 2.75) is 13.8 Å². The highest BCUT2D eigenvalue weighted by Gasteiger charge is 2.11. The van der Waals surface area contributed by atoms with E-state index < -0.39 is 0 Å². The second kappa shape index (κ2) is 7.42. The van der Waals surface area contributed by atoms with Crippen molar-refractivity contribution >= 4 is 60.8 Å². The van der Waals surface area contributed by atoms with Gasteiger partial charge < -0.3 is 10.4 Å². The second-order valence-corrected chi connectivity index (χ2v) is 7.11. The Hall–Kier alpha value is -1.44. The molecule has 0 fully saturated rings. The van der Waals surface area contributed by atoms with Crippen LogP contribution in [-0.4, -0.2) is 16.1 Å². The summed E-state index contributed by atoms with van der Waals surface area (Å²) in [7, 11) is 0. The Labute approximate surface area is 156 Å². The zero-order chi connectivity index (χ0) is 17.1. The van der Waals surface area contributed by atoms with E-state index in [1.54, 1.807) is 18.2 Å². The highest BCUT2D eigenvalue weighted by atomic mass is 79.9. The SMILES string of the molecule is Cc1ccc(C(=O)NC(=S)Nc2cc(Br)c(O)c(Br)c2)cc1C. The molecule has 2 aromatic rings. The van der Waals surface area contributed by atoms with Crippen LogP contribution in [0.4, 0.5) is 5.69 Å². The predicted molar refractivity (Wildman–Crippen MR) is 103 cm³/mol. The molecule has 0 aliphatic rings. The number of aromatic hydroxyl groups is 1. The van der Waals surface area contributed by atoms with Gasteiger partial charge in [0, 0.05) is 11.3 Å². The third-order valence-corrected chi connectivity index (χ3v) is 4.68. The van der Waals surface area contributed by atoms with E-state index in [0.29, 0.717) is 20.2 Å². The number of hydrogen-bond donors (Lipinski definition) is 3. The van der Waals surface area contributed by atoms with Gasteiger partial charge in [-0.05, 0) is 93.3 Å². The molecule has 0 saturated carbocycles. The van der Waals surface area contributed by atoms with Crippen LogP contribution < -0.4 is 10.6 Å². The maximum absolute atomic E-state index is 12.2. The molecule has 0 bridgehead atoms. The van der Waals surface area contributed by atoms with Crippen molar-refractivity contribution in [1.29, 1.82) is 0 Å². The molecule has 3 N–H and O–H groups in total. The lowest BCUT2D eigenvalue weighted by molar-refractivity contribution is 0.0977. The number of nitrogens with one attached hydrogen (secondary N) is 2. The predicted octanol–water partition coefficient (Wildman–Crippen LogP) is 4.66. The van der Waals surface area contributed by atoms with Crippen LogP contribution in [0.5, 0.6) is 5.75 Å². The van der Waals surface area contributed by atoms with E-state index in [-0.39, 0.29) is 16.8 Å². The van der Waals surface area contributed by atoms with Crippen LogP contribution in [-0.2, 0) is 0 Å². The first-order valence-corrected chi connectivity index (χ1v) is 8.65. The fourth-order valence-electron chi connectivity index (χ4n) is 1.86. The molecule has 0 aliphatic carbocycles. The van der Waals surface area contributed by atoms with Gasteiger partial charge in [-0.3, -0.25) is 10.1 Å². The van der Waals surface area contributed by atoms with E-state index in [9.17, 15) is 9.90 Å². The average molecular weight is 458 g/mol. The number of rotatable bonds is 2. The molecule has 2 aromatic carbocycles. The highest BCUT2D eigenvalue weighted by molar-refractivity contribution is 9.11. The monoisotopic (exact) mass is 456 g/mol. The molecule has 0 atom stereocenters. The first kappa shape index (κ1) is 17.9. The van der Waals surface area contributed by atoms with Gasteiger partial charge in [0.25, 0.3) is 5.91 Å². The minimum Gasteiger partial charge on any atom is -0.506 e. The largest absolute Gasteiger partial charge is 0.506 e. The number of carbonyl (C=O) groups excluding carboxylic acids is 1. The van der Waals surface area contributed by atoms with Crippen molar-refractivity contribution < 1.29 is 9.90 Å². The summed E-state index contributed by atoms with van der Waals surface area (Å²) < 4.78 is 1.02. The normalized spacial score (nSPS) is 10.3. The summed E-state index contributed by atoms with van der Waals surface area (Å²) in [5.74, 6) is -0.178. The van der Waals surface area contributed by atoms with E-state index in [0.717, 1.165) is 11.1 Å². The van der Waals surface area contributed by atoms with Crippen LogP contribution in [0.1, 0.15) is 21.5 Å². The Kier molecular flexibility index (Phi) is 5.78. The van der Waals surface area contributed by atoms with Gasteiger partial charge in [0.2, 0.25) is 0 Å². The van der Waals surface area contributed by atoms with Crippen molar-refractivity contribution in [1.82, 2.24) is 5.32 Å². The number of hydrogen-bond acceptors (Lipinski definition) is 3. The number of anilines is 1. The molecule has 0 aromatic heterocycles. The van der Waals surface area contributed by atoms with Gasteiger partial charge in [0.1, 0.15) is 5.75 Å². The molecule has 7 heteroatoms. The molecule has 1 amide bonds. The number of phenols is 1. The van der Waals surface area contributed by atoms with Gasteiger partial charge in [-0.25, -0.2) is 0 Å². The molecule has 0 heterocycles. The summed E-state index contributed by atoms with van der Waals surface area (Å²) in [6, 6.07) is 8.80. The topological polar surface area (TPSA) is 61.4 Å². The molecule has 0 unspecified atom stereocenters. The molecular formula is C16H14Br2N2O2S. The Balaban J connectivity index is 2.07. The highest BCUT2D eigenvalue weighted by Crippen LogP contribution is 2.35. The smallest absolute Gasteiger partial charge is 0.257 e.